The van der Waals surface area contributed by atoms with Gasteiger partial charge >= 0.3 is 0 Å². The van der Waals surface area contributed by atoms with Gasteiger partial charge in [-0.1, -0.05) is 0 Å². The van der Waals surface area contributed by atoms with Crippen molar-refractivity contribution < 1.29 is 8.42 Å². The fourth-order valence-corrected chi connectivity index (χ4v) is 3.69. The van der Waals surface area contributed by atoms with Gasteiger partial charge in [0, 0.05) is 33.4 Å². The highest BCUT2D eigenvalue weighted by atomic mass is 32.2. The van der Waals surface area contributed by atoms with E-state index in [1.54, 1.807) is 26.2 Å². The van der Waals surface area contributed by atoms with Crippen molar-refractivity contribution in [1.82, 2.24) is 19.1 Å². The van der Waals surface area contributed by atoms with E-state index in [4.69, 9.17) is 0 Å². The van der Waals surface area contributed by atoms with Crippen LogP contribution in [0.25, 0.3) is 0 Å². The molecule has 0 saturated heterocycles. The van der Waals surface area contributed by atoms with E-state index in [1.807, 2.05) is 24.6 Å². The maximum absolute atomic E-state index is 12.2. The number of hydrogen-bond acceptors (Lipinski definition) is 5. The highest BCUT2D eigenvalue weighted by molar-refractivity contribution is 7.89. The zero-order chi connectivity index (χ0) is 16.8. The Morgan fingerprint density at radius 3 is 2.61 bits per heavy atom. The van der Waals surface area contributed by atoms with E-state index in [2.05, 4.69) is 15.1 Å². The lowest BCUT2D eigenvalue weighted by atomic mass is 10.2. The Labute approximate surface area is 136 Å². The molecule has 1 aromatic carbocycles. The Morgan fingerprint density at radius 1 is 1.26 bits per heavy atom. The Kier molecular flexibility index (Phi) is 3.89. The minimum Gasteiger partial charge on any atom is -0.363 e. The van der Waals surface area contributed by atoms with Crippen LogP contribution in [0.1, 0.15) is 17.2 Å². The average molecular weight is 335 g/mol. The van der Waals surface area contributed by atoms with Crippen LogP contribution in [0, 0.1) is 6.92 Å². The highest BCUT2D eigenvalue weighted by Gasteiger charge is 2.24. The minimum absolute atomic E-state index is 0.345. The summed E-state index contributed by atoms with van der Waals surface area (Å²) in [4.78, 5) is 2.56. The Morgan fingerprint density at radius 2 is 2.00 bits per heavy atom. The maximum Gasteiger partial charge on any atom is 0.242 e. The lowest BCUT2D eigenvalue weighted by Crippen LogP contribution is -2.23. The molecule has 1 aliphatic rings. The number of sulfonamides is 1. The summed E-state index contributed by atoms with van der Waals surface area (Å²) in [6, 6.07) is 5.35. The molecule has 8 heteroatoms. The molecule has 0 fully saturated rings. The molecule has 7 nitrogen and oxygen atoms in total. The Hall–Kier alpha value is -1.93. The Bertz CT molecular complexity index is 842. The van der Waals surface area contributed by atoms with Gasteiger partial charge in [0.15, 0.2) is 5.82 Å². The van der Waals surface area contributed by atoms with Crippen molar-refractivity contribution in [3.63, 3.8) is 0 Å². The van der Waals surface area contributed by atoms with Crippen LogP contribution in [-0.2, 0) is 30.0 Å². The van der Waals surface area contributed by atoms with Gasteiger partial charge in [-0.15, -0.1) is 10.2 Å². The summed E-state index contributed by atoms with van der Waals surface area (Å²) < 4.78 is 27.7. The first kappa shape index (κ1) is 15.9. The SMILES string of the molecule is Cc1nnc(CN2CCc3cc(S(=O)(=O)N(C)C)ccc32)n1C. The van der Waals surface area contributed by atoms with E-state index in [0.717, 1.165) is 35.9 Å². The van der Waals surface area contributed by atoms with E-state index in [9.17, 15) is 8.42 Å². The fraction of sp³-hybridized carbons (Fsp3) is 0.467. The smallest absolute Gasteiger partial charge is 0.242 e. The molecule has 3 rings (SSSR count). The van der Waals surface area contributed by atoms with E-state index in [0.29, 0.717) is 11.4 Å². The molecule has 2 aromatic rings. The lowest BCUT2D eigenvalue weighted by molar-refractivity contribution is 0.520. The van der Waals surface area contributed by atoms with Gasteiger partial charge in [-0.3, -0.25) is 0 Å². The summed E-state index contributed by atoms with van der Waals surface area (Å²) in [5, 5.41) is 8.28. The van der Waals surface area contributed by atoms with Crippen LogP contribution >= 0.6 is 0 Å². The lowest BCUT2D eigenvalue weighted by Gasteiger charge is -2.19. The van der Waals surface area contributed by atoms with Crippen molar-refractivity contribution in [2.75, 3.05) is 25.5 Å². The minimum atomic E-state index is -3.39. The first-order chi connectivity index (χ1) is 10.8. The molecule has 0 N–H and O–H groups in total. The second-order valence-electron chi connectivity index (χ2n) is 5.97. The van der Waals surface area contributed by atoms with Gasteiger partial charge in [0.1, 0.15) is 5.82 Å². The second kappa shape index (κ2) is 5.61. The molecular weight excluding hydrogens is 314 g/mol. The third-order valence-electron chi connectivity index (χ3n) is 4.34. The number of anilines is 1. The highest BCUT2D eigenvalue weighted by Crippen LogP contribution is 2.31. The van der Waals surface area contributed by atoms with E-state index in [1.165, 1.54) is 4.31 Å². The summed E-state index contributed by atoms with van der Waals surface area (Å²) in [6.45, 7) is 3.45. The number of benzene rings is 1. The summed E-state index contributed by atoms with van der Waals surface area (Å²) >= 11 is 0. The van der Waals surface area contributed by atoms with Crippen LogP contribution in [0.4, 0.5) is 5.69 Å². The largest absolute Gasteiger partial charge is 0.363 e. The van der Waals surface area contributed by atoms with Crippen LogP contribution in [0.15, 0.2) is 23.1 Å². The molecule has 1 aromatic heterocycles. The second-order valence-corrected chi connectivity index (χ2v) is 8.12. The van der Waals surface area contributed by atoms with E-state index < -0.39 is 10.0 Å². The van der Waals surface area contributed by atoms with E-state index >= 15 is 0 Å². The molecule has 124 valence electrons. The first-order valence-corrected chi connectivity index (χ1v) is 8.90. The van der Waals surface area contributed by atoms with Gasteiger partial charge in [-0.25, -0.2) is 12.7 Å². The molecule has 0 atom stereocenters. The Balaban J connectivity index is 1.89. The standard InChI is InChI=1S/C15H21N5O2S/c1-11-16-17-15(19(11)4)10-20-8-7-12-9-13(5-6-14(12)20)23(21,22)18(2)3/h5-6,9H,7-8,10H2,1-4H3. The molecule has 2 heterocycles. The molecule has 0 spiro atoms. The number of rotatable bonds is 4. The molecule has 0 bridgehead atoms. The number of hydrogen-bond donors (Lipinski definition) is 0. The molecule has 0 saturated carbocycles. The number of fused-ring (bicyclic) bond motifs is 1. The summed E-state index contributed by atoms with van der Waals surface area (Å²) in [6.07, 6.45) is 0.836. The summed E-state index contributed by atoms with van der Waals surface area (Å²) in [5.41, 5.74) is 2.13. The predicted molar refractivity (Wildman–Crippen MR) is 87.8 cm³/mol. The van der Waals surface area contributed by atoms with Crippen molar-refractivity contribution in [3.05, 3.63) is 35.4 Å². The predicted octanol–water partition coefficient (Wildman–Crippen LogP) is 0.937. The number of nitrogens with zero attached hydrogens (tertiary/aromatic N) is 5. The normalized spacial score (nSPS) is 14.6. The van der Waals surface area contributed by atoms with Crippen LogP contribution in [0.5, 0.6) is 0 Å². The van der Waals surface area contributed by atoms with Gasteiger partial charge in [0.25, 0.3) is 0 Å². The van der Waals surface area contributed by atoms with Crippen molar-refractivity contribution in [2.24, 2.45) is 7.05 Å². The topological polar surface area (TPSA) is 71.3 Å². The van der Waals surface area contributed by atoms with Gasteiger partial charge in [-0.2, -0.15) is 0 Å². The molecule has 0 amide bonds. The molecular formula is C15H21N5O2S. The van der Waals surface area contributed by atoms with Gasteiger partial charge < -0.3 is 9.47 Å². The quantitative estimate of drug-likeness (QED) is 0.831. The average Bonchev–Trinajstić information content (AvgIpc) is 3.05. The van der Waals surface area contributed by atoms with Crippen LogP contribution in [0.3, 0.4) is 0 Å². The molecule has 0 aliphatic carbocycles. The maximum atomic E-state index is 12.2. The fourth-order valence-electron chi connectivity index (χ4n) is 2.74. The summed E-state index contributed by atoms with van der Waals surface area (Å²) in [5.74, 6) is 1.78. The number of aryl methyl sites for hydroxylation is 1. The molecule has 1 aliphatic heterocycles. The zero-order valence-corrected chi connectivity index (χ0v) is 14.6. The molecule has 23 heavy (non-hydrogen) atoms. The van der Waals surface area contributed by atoms with Gasteiger partial charge in [-0.05, 0) is 37.1 Å². The van der Waals surface area contributed by atoms with Crippen LogP contribution in [0.2, 0.25) is 0 Å². The summed E-state index contributed by atoms with van der Waals surface area (Å²) in [7, 11) is 1.66. The van der Waals surface area contributed by atoms with Crippen LogP contribution in [-0.4, -0.2) is 48.1 Å². The van der Waals surface area contributed by atoms with Crippen molar-refractivity contribution >= 4 is 15.7 Å². The van der Waals surface area contributed by atoms with Crippen molar-refractivity contribution in [2.45, 2.75) is 24.8 Å². The third kappa shape index (κ3) is 2.72. The van der Waals surface area contributed by atoms with Crippen molar-refractivity contribution in [1.29, 1.82) is 0 Å². The van der Waals surface area contributed by atoms with Crippen molar-refractivity contribution in [3.8, 4) is 0 Å². The molecule has 0 unspecified atom stereocenters. The van der Waals surface area contributed by atoms with Gasteiger partial charge in [0.2, 0.25) is 10.0 Å². The molecule has 0 radical (unpaired) electrons. The van der Waals surface area contributed by atoms with E-state index in [-0.39, 0.29) is 0 Å². The zero-order valence-electron chi connectivity index (χ0n) is 13.8. The first-order valence-electron chi connectivity index (χ1n) is 7.46. The third-order valence-corrected chi connectivity index (χ3v) is 6.15. The van der Waals surface area contributed by atoms with Gasteiger partial charge in [0.05, 0.1) is 11.4 Å². The number of aromatic nitrogens is 3. The monoisotopic (exact) mass is 335 g/mol. The van der Waals surface area contributed by atoms with Crippen LogP contribution < -0.4 is 4.90 Å².